The molecule has 0 aliphatic carbocycles. The van der Waals surface area contributed by atoms with Gasteiger partial charge in [0, 0.05) is 11.6 Å². The van der Waals surface area contributed by atoms with Crippen molar-refractivity contribution >= 4 is 17.3 Å². The van der Waals surface area contributed by atoms with Gasteiger partial charge < -0.3 is 0 Å². The molecule has 1 atom stereocenters. The summed E-state index contributed by atoms with van der Waals surface area (Å²) in [6.45, 7) is 5.55. The number of hydrogen-bond donors (Lipinski definition) is 0. The molecule has 0 aliphatic heterocycles. The molecule has 7 heteroatoms. The van der Waals surface area contributed by atoms with Gasteiger partial charge in [-0.05, 0) is 31.9 Å². The highest BCUT2D eigenvalue weighted by Gasteiger charge is 2.17. The predicted molar refractivity (Wildman–Crippen MR) is 76.4 cm³/mol. The van der Waals surface area contributed by atoms with Crippen LogP contribution in [0.3, 0.4) is 0 Å². The molecule has 1 heterocycles. The molecule has 2 rings (SSSR count). The molecule has 1 aromatic heterocycles. The second-order valence-corrected chi connectivity index (χ2v) is 5.17. The number of nitro groups is 1. The lowest BCUT2D eigenvalue weighted by atomic mass is 10.1. The van der Waals surface area contributed by atoms with Crippen molar-refractivity contribution in [1.29, 1.82) is 0 Å². The van der Waals surface area contributed by atoms with Crippen molar-refractivity contribution in [2.45, 2.75) is 32.6 Å². The SMILES string of the molecule is CCC(Cl)c1cn(-c2cc([N+](=O)[O-])c(C)cc2C)nn1. The molecule has 0 saturated carbocycles. The minimum absolute atomic E-state index is 0.0700. The third-order valence-corrected chi connectivity index (χ3v) is 3.68. The number of hydrogen-bond acceptors (Lipinski definition) is 4. The fourth-order valence-corrected chi connectivity index (χ4v) is 2.12. The Morgan fingerprint density at radius 1 is 1.40 bits per heavy atom. The van der Waals surface area contributed by atoms with Crippen molar-refractivity contribution in [3.05, 3.63) is 45.3 Å². The van der Waals surface area contributed by atoms with Crippen molar-refractivity contribution in [3.8, 4) is 5.69 Å². The summed E-state index contributed by atoms with van der Waals surface area (Å²) in [5.74, 6) is 0. The Hall–Kier alpha value is -1.95. The Morgan fingerprint density at radius 3 is 2.70 bits per heavy atom. The zero-order chi connectivity index (χ0) is 14.9. The predicted octanol–water partition coefficient (Wildman–Crippen LogP) is 3.48. The molecule has 2 aromatic rings. The minimum Gasteiger partial charge on any atom is -0.258 e. The van der Waals surface area contributed by atoms with E-state index in [4.69, 9.17) is 11.6 Å². The van der Waals surface area contributed by atoms with Crippen LogP contribution in [0.15, 0.2) is 18.3 Å². The average Bonchev–Trinajstić information content (AvgIpc) is 2.86. The Kier molecular flexibility index (Phi) is 4.04. The first-order chi connectivity index (χ1) is 9.43. The highest BCUT2D eigenvalue weighted by molar-refractivity contribution is 6.20. The maximum atomic E-state index is 11.0. The van der Waals surface area contributed by atoms with Gasteiger partial charge in [-0.3, -0.25) is 10.1 Å². The molecule has 106 valence electrons. The summed E-state index contributed by atoms with van der Waals surface area (Å²) >= 11 is 6.11. The van der Waals surface area contributed by atoms with Gasteiger partial charge in [-0.1, -0.05) is 12.1 Å². The standard InChI is InChI=1S/C13H15ClN4O2/c1-4-10(14)11-7-17(16-15-11)12-6-13(18(19)20)9(3)5-8(12)2/h5-7,10H,4H2,1-3H3. The van der Waals surface area contributed by atoms with E-state index < -0.39 is 4.92 Å². The molecule has 1 unspecified atom stereocenters. The molecule has 0 radical (unpaired) electrons. The minimum atomic E-state index is -0.396. The molecule has 0 N–H and O–H groups in total. The van der Waals surface area contributed by atoms with Crippen molar-refractivity contribution < 1.29 is 4.92 Å². The normalized spacial score (nSPS) is 12.4. The summed E-state index contributed by atoms with van der Waals surface area (Å²) < 4.78 is 1.53. The summed E-state index contributed by atoms with van der Waals surface area (Å²) in [4.78, 5) is 10.6. The van der Waals surface area contributed by atoms with Crippen LogP contribution in [-0.2, 0) is 0 Å². The van der Waals surface area contributed by atoms with Crippen LogP contribution in [0.1, 0.15) is 35.5 Å². The smallest absolute Gasteiger partial charge is 0.258 e. The van der Waals surface area contributed by atoms with Crippen LogP contribution in [-0.4, -0.2) is 19.9 Å². The quantitative estimate of drug-likeness (QED) is 0.491. The van der Waals surface area contributed by atoms with E-state index >= 15 is 0 Å². The van der Waals surface area contributed by atoms with Crippen LogP contribution < -0.4 is 0 Å². The first-order valence-corrected chi connectivity index (χ1v) is 6.70. The number of nitro benzene ring substituents is 1. The highest BCUT2D eigenvalue weighted by atomic mass is 35.5. The van der Waals surface area contributed by atoms with Crippen LogP contribution in [0.4, 0.5) is 5.69 Å². The van der Waals surface area contributed by atoms with Gasteiger partial charge in [0.25, 0.3) is 5.69 Å². The van der Waals surface area contributed by atoms with Crippen molar-refractivity contribution in [1.82, 2.24) is 15.0 Å². The van der Waals surface area contributed by atoms with Gasteiger partial charge in [0.2, 0.25) is 0 Å². The van der Waals surface area contributed by atoms with Crippen LogP contribution in [0.5, 0.6) is 0 Å². The number of halogens is 1. The summed E-state index contributed by atoms with van der Waals surface area (Å²) in [5.41, 5.74) is 2.89. The lowest BCUT2D eigenvalue weighted by Gasteiger charge is -2.07. The van der Waals surface area contributed by atoms with Gasteiger partial charge in [-0.15, -0.1) is 16.7 Å². The van der Waals surface area contributed by atoms with Gasteiger partial charge in [0.1, 0.15) is 5.69 Å². The Labute approximate surface area is 121 Å². The van der Waals surface area contributed by atoms with Gasteiger partial charge in [-0.25, -0.2) is 4.68 Å². The summed E-state index contributed by atoms with van der Waals surface area (Å²) in [6, 6.07) is 3.28. The number of alkyl halides is 1. The lowest BCUT2D eigenvalue weighted by molar-refractivity contribution is -0.385. The largest absolute Gasteiger partial charge is 0.274 e. The molecule has 0 aliphatic rings. The second kappa shape index (κ2) is 5.58. The van der Waals surface area contributed by atoms with Crippen molar-refractivity contribution in [2.75, 3.05) is 0 Å². The third-order valence-electron chi connectivity index (χ3n) is 3.15. The zero-order valence-corrected chi connectivity index (χ0v) is 12.3. The number of benzene rings is 1. The average molecular weight is 295 g/mol. The van der Waals surface area contributed by atoms with Gasteiger partial charge in [-0.2, -0.15) is 0 Å². The number of aryl methyl sites for hydroxylation is 2. The third kappa shape index (κ3) is 2.65. The Balaban J connectivity index is 2.49. The van der Waals surface area contributed by atoms with Gasteiger partial charge >= 0.3 is 0 Å². The number of nitrogens with zero attached hydrogens (tertiary/aromatic N) is 4. The van der Waals surface area contributed by atoms with Crippen LogP contribution in [0.25, 0.3) is 5.69 Å². The van der Waals surface area contributed by atoms with Crippen LogP contribution >= 0.6 is 11.6 Å². The van der Waals surface area contributed by atoms with E-state index in [9.17, 15) is 10.1 Å². The maximum absolute atomic E-state index is 11.0. The molecule has 1 aromatic carbocycles. The molecular weight excluding hydrogens is 280 g/mol. The maximum Gasteiger partial charge on any atom is 0.274 e. The van der Waals surface area contributed by atoms with Crippen molar-refractivity contribution in [3.63, 3.8) is 0 Å². The molecule has 20 heavy (non-hydrogen) atoms. The van der Waals surface area contributed by atoms with Gasteiger partial charge in [0.05, 0.1) is 22.2 Å². The van der Waals surface area contributed by atoms with Crippen molar-refractivity contribution in [2.24, 2.45) is 0 Å². The second-order valence-electron chi connectivity index (χ2n) is 4.65. The highest BCUT2D eigenvalue weighted by Crippen LogP contribution is 2.26. The molecule has 6 nitrogen and oxygen atoms in total. The van der Waals surface area contributed by atoms with Crippen LogP contribution in [0.2, 0.25) is 0 Å². The summed E-state index contributed by atoms with van der Waals surface area (Å²) in [5, 5.41) is 18.8. The van der Waals surface area contributed by atoms with E-state index in [1.807, 2.05) is 13.8 Å². The molecule has 0 spiro atoms. The monoisotopic (exact) mass is 294 g/mol. The number of aromatic nitrogens is 3. The molecule has 0 amide bonds. The van der Waals surface area contributed by atoms with E-state index in [2.05, 4.69) is 10.3 Å². The van der Waals surface area contributed by atoms with E-state index in [1.165, 1.54) is 10.7 Å². The fraction of sp³-hybridized carbons (Fsp3) is 0.385. The van der Waals surface area contributed by atoms with E-state index in [0.29, 0.717) is 16.9 Å². The molecule has 0 saturated heterocycles. The Morgan fingerprint density at radius 2 is 2.10 bits per heavy atom. The molecule has 0 bridgehead atoms. The summed E-state index contributed by atoms with van der Waals surface area (Å²) in [6.07, 6.45) is 2.45. The van der Waals surface area contributed by atoms with E-state index in [-0.39, 0.29) is 11.1 Å². The first-order valence-electron chi connectivity index (χ1n) is 6.26. The molecule has 0 fully saturated rings. The van der Waals surface area contributed by atoms with E-state index in [0.717, 1.165) is 12.0 Å². The lowest BCUT2D eigenvalue weighted by Crippen LogP contribution is -2.01. The summed E-state index contributed by atoms with van der Waals surface area (Å²) in [7, 11) is 0. The topological polar surface area (TPSA) is 73.8 Å². The fourth-order valence-electron chi connectivity index (χ4n) is 2.02. The Bertz CT molecular complexity index is 654. The van der Waals surface area contributed by atoms with E-state index in [1.54, 1.807) is 19.2 Å². The number of rotatable bonds is 4. The zero-order valence-electron chi connectivity index (χ0n) is 11.5. The first kappa shape index (κ1) is 14.5. The van der Waals surface area contributed by atoms with Crippen LogP contribution in [0, 0.1) is 24.0 Å². The molecular formula is C13H15ClN4O2. The van der Waals surface area contributed by atoms with Gasteiger partial charge in [0.15, 0.2) is 0 Å².